The lowest BCUT2D eigenvalue weighted by Crippen LogP contribution is -2.25. The van der Waals surface area contributed by atoms with Gasteiger partial charge in [-0.05, 0) is 49.7 Å². The summed E-state index contributed by atoms with van der Waals surface area (Å²) in [6.45, 7) is 1.57. The number of rotatable bonds is 5. The van der Waals surface area contributed by atoms with Crippen molar-refractivity contribution in [2.24, 2.45) is 7.05 Å². The number of hydrogen-bond donors (Lipinski definition) is 0. The number of benzene rings is 2. The Morgan fingerprint density at radius 1 is 1.10 bits per heavy atom. The van der Waals surface area contributed by atoms with E-state index in [9.17, 15) is 4.79 Å². The Bertz CT molecular complexity index is 1330. The molecule has 3 heterocycles. The minimum Gasteiger partial charge on any atom is -0.497 e. The minimum absolute atomic E-state index is 0.0674. The smallest absolute Gasteiger partial charge is 0.262 e. The van der Waals surface area contributed by atoms with Crippen molar-refractivity contribution in [1.29, 1.82) is 0 Å². The van der Waals surface area contributed by atoms with Crippen molar-refractivity contribution in [2.45, 2.75) is 25.4 Å². The van der Waals surface area contributed by atoms with E-state index in [1.165, 1.54) is 0 Å². The molecule has 1 saturated heterocycles. The Morgan fingerprint density at radius 3 is 2.74 bits per heavy atom. The second-order valence-corrected chi connectivity index (χ2v) is 7.87. The predicted molar refractivity (Wildman–Crippen MR) is 118 cm³/mol. The third-order valence-electron chi connectivity index (χ3n) is 6.20. The van der Waals surface area contributed by atoms with Gasteiger partial charge in [-0.1, -0.05) is 12.1 Å². The molecule has 0 aliphatic carbocycles. The number of methoxy groups -OCH3 is 2. The molecule has 0 N–H and O–H groups in total. The number of para-hydroxylation sites is 1. The Balaban J connectivity index is 1.58. The Morgan fingerprint density at radius 2 is 1.94 bits per heavy atom. The lowest BCUT2D eigenvalue weighted by molar-refractivity contribution is 0.236. The van der Waals surface area contributed by atoms with Crippen LogP contribution in [0.15, 0.2) is 47.3 Å². The monoisotopic (exact) mass is 419 g/mol. The molecule has 8 nitrogen and oxygen atoms in total. The summed E-state index contributed by atoms with van der Waals surface area (Å²) in [7, 11) is 5.11. The van der Waals surface area contributed by atoms with E-state index >= 15 is 0 Å². The first kappa shape index (κ1) is 19.6. The fourth-order valence-corrected chi connectivity index (χ4v) is 4.64. The van der Waals surface area contributed by atoms with E-state index in [-0.39, 0.29) is 11.6 Å². The fraction of sp³-hybridized carbons (Fsp3) is 0.348. The van der Waals surface area contributed by atoms with Crippen LogP contribution < -0.4 is 15.0 Å². The predicted octanol–water partition coefficient (Wildman–Crippen LogP) is 2.94. The number of ether oxygens (including phenoxy) is 2. The zero-order valence-corrected chi connectivity index (χ0v) is 17.9. The van der Waals surface area contributed by atoms with Crippen LogP contribution in [0.25, 0.3) is 16.7 Å². The number of nitrogens with zero attached hydrogens (tertiary/aromatic N) is 5. The van der Waals surface area contributed by atoms with Crippen LogP contribution in [0.3, 0.4) is 0 Å². The van der Waals surface area contributed by atoms with Crippen molar-refractivity contribution >= 4 is 16.7 Å². The third kappa shape index (κ3) is 3.14. The SMILES string of the molecule is COc1ccc(OC)c(C2CCCN2Cc2nnc3n(C)c(=O)c4ccccc4n23)c1. The molecule has 0 saturated carbocycles. The van der Waals surface area contributed by atoms with Crippen LogP contribution in [0.5, 0.6) is 11.5 Å². The van der Waals surface area contributed by atoms with Gasteiger partial charge in [-0.15, -0.1) is 10.2 Å². The van der Waals surface area contributed by atoms with Crippen LogP contribution in [-0.2, 0) is 13.6 Å². The van der Waals surface area contributed by atoms with Gasteiger partial charge in [-0.3, -0.25) is 18.7 Å². The molecular formula is C23H25N5O3. The van der Waals surface area contributed by atoms with Crippen LogP contribution in [0.2, 0.25) is 0 Å². The van der Waals surface area contributed by atoms with Gasteiger partial charge in [0, 0.05) is 18.7 Å². The molecule has 5 rings (SSSR count). The van der Waals surface area contributed by atoms with Crippen molar-refractivity contribution in [3.8, 4) is 11.5 Å². The third-order valence-corrected chi connectivity index (χ3v) is 6.20. The maximum atomic E-state index is 12.7. The van der Waals surface area contributed by atoms with Crippen LogP contribution in [-0.4, -0.2) is 44.8 Å². The molecule has 1 aliphatic rings. The van der Waals surface area contributed by atoms with Gasteiger partial charge >= 0.3 is 0 Å². The Kier molecular flexibility index (Phi) is 4.86. The highest BCUT2D eigenvalue weighted by atomic mass is 16.5. The molecule has 2 aromatic heterocycles. The van der Waals surface area contributed by atoms with Gasteiger partial charge in [0.15, 0.2) is 5.82 Å². The topological polar surface area (TPSA) is 73.9 Å². The van der Waals surface area contributed by atoms with Crippen LogP contribution in [0, 0.1) is 0 Å². The molecule has 8 heteroatoms. The van der Waals surface area contributed by atoms with Crippen molar-refractivity contribution in [3.05, 3.63) is 64.2 Å². The molecular weight excluding hydrogens is 394 g/mol. The highest BCUT2D eigenvalue weighted by molar-refractivity contribution is 5.80. The molecule has 160 valence electrons. The molecule has 1 fully saturated rings. The van der Waals surface area contributed by atoms with E-state index in [1.807, 2.05) is 40.8 Å². The summed E-state index contributed by atoms with van der Waals surface area (Å²) in [5.74, 6) is 3.04. The summed E-state index contributed by atoms with van der Waals surface area (Å²) in [6.07, 6.45) is 2.11. The maximum absolute atomic E-state index is 12.7. The fourth-order valence-electron chi connectivity index (χ4n) is 4.64. The van der Waals surface area contributed by atoms with Crippen molar-refractivity contribution in [2.75, 3.05) is 20.8 Å². The van der Waals surface area contributed by atoms with Crippen molar-refractivity contribution in [3.63, 3.8) is 0 Å². The largest absolute Gasteiger partial charge is 0.497 e. The van der Waals surface area contributed by atoms with Gasteiger partial charge in [0.25, 0.3) is 5.56 Å². The molecule has 2 aromatic carbocycles. The summed E-state index contributed by atoms with van der Waals surface area (Å²) in [5.41, 5.74) is 1.88. The van der Waals surface area contributed by atoms with Gasteiger partial charge in [0.1, 0.15) is 11.5 Å². The van der Waals surface area contributed by atoms with Gasteiger partial charge in [0.2, 0.25) is 5.78 Å². The summed E-state index contributed by atoms with van der Waals surface area (Å²) in [5, 5.41) is 9.46. The van der Waals surface area contributed by atoms with Crippen LogP contribution >= 0.6 is 0 Å². The molecule has 31 heavy (non-hydrogen) atoms. The van der Waals surface area contributed by atoms with Gasteiger partial charge in [-0.25, -0.2) is 0 Å². The molecule has 1 aliphatic heterocycles. The standard InChI is InChI=1S/C23H25N5O3/c1-26-22(29)16-7-4-5-8-19(16)28-21(24-25-23(26)28)14-27-12-6-9-18(27)17-13-15(30-2)10-11-20(17)31-3/h4-5,7-8,10-11,13,18H,6,9,12,14H2,1-3H3. The summed E-state index contributed by atoms with van der Waals surface area (Å²) in [6, 6.07) is 13.7. The second kappa shape index (κ2) is 7.70. The minimum atomic E-state index is -0.0674. The second-order valence-electron chi connectivity index (χ2n) is 7.87. The molecule has 1 unspecified atom stereocenters. The summed E-state index contributed by atoms with van der Waals surface area (Å²) >= 11 is 0. The lowest BCUT2D eigenvalue weighted by Gasteiger charge is -2.26. The number of aromatic nitrogens is 4. The summed E-state index contributed by atoms with van der Waals surface area (Å²) < 4.78 is 14.7. The van der Waals surface area contributed by atoms with E-state index in [0.717, 1.165) is 47.8 Å². The molecule has 0 bridgehead atoms. The highest BCUT2D eigenvalue weighted by Gasteiger charge is 2.30. The number of fused-ring (bicyclic) bond motifs is 3. The van der Waals surface area contributed by atoms with Crippen LogP contribution in [0.1, 0.15) is 30.3 Å². The van der Waals surface area contributed by atoms with Crippen molar-refractivity contribution in [1.82, 2.24) is 24.1 Å². The first-order valence-electron chi connectivity index (χ1n) is 10.4. The lowest BCUT2D eigenvalue weighted by atomic mass is 10.0. The maximum Gasteiger partial charge on any atom is 0.262 e. The quantitative estimate of drug-likeness (QED) is 0.495. The van der Waals surface area contributed by atoms with Crippen LogP contribution in [0.4, 0.5) is 0 Å². The average Bonchev–Trinajstić information content (AvgIpc) is 3.44. The molecule has 4 aromatic rings. The molecule has 0 radical (unpaired) electrons. The van der Waals surface area contributed by atoms with Crippen molar-refractivity contribution < 1.29 is 9.47 Å². The Labute approximate surface area is 179 Å². The van der Waals surface area contributed by atoms with Gasteiger partial charge in [0.05, 0.1) is 31.7 Å². The van der Waals surface area contributed by atoms with E-state index in [0.29, 0.717) is 17.7 Å². The van der Waals surface area contributed by atoms with E-state index in [2.05, 4.69) is 21.2 Å². The first-order chi connectivity index (χ1) is 15.1. The average molecular weight is 419 g/mol. The summed E-state index contributed by atoms with van der Waals surface area (Å²) in [4.78, 5) is 15.1. The van der Waals surface area contributed by atoms with Gasteiger partial charge in [-0.2, -0.15) is 0 Å². The van der Waals surface area contributed by atoms with E-state index in [1.54, 1.807) is 25.8 Å². The normalized spacial score (nSPS) is 16.9. The number of likely N-dealkylation sites (tertiary alicyclic amines) is 1. The zero-order valence-electron chi connectivity index (χ0n) is 17.9. The number of hydrogen-bond acceptors (Lipinski definition) is 6. The number of aryl methyl sites for hydroxylation is 1. The first-order valence-corrected chi connectivity index (χ1v) is 10.4. The van der Waals surface area contributed by atoms with Gasteiger partial charge < -0.3 is 9.47 Å². The molecule has 1 atom stereocenters. The Hall–Kier alpha value is -3.39. The van der Waals surface area contributed by atoms with E-state index in [4.69, 9.17) is 9.47 Å². The zero-order chi connectivity index (χ0) is 21.5. The molecule has 0 amide bonds. The van der Waals surface area contributed by atoms with E-state index < -0.39 is 0 Å². The molecule has 0 spiro atoms. The highest BCUT2D eigenvalue weighted by Crippen LogP contribution is 2.39.